The lowest BCUT2D eigenvalue weighted by atomic mass is 10.1. The molecule has 0 bridgehead atoms. The van der Waals surface area contributed by atoms with Gasteiger partial charge in [-0.2, -0.15) is 0 Å². The van der Waals surface area contributed by atoms with Crippen molar-refractivity contribution in [3.05, 3.63) is 0 Å². The van der Waals surface area contributed by atoms with Crippen LogP contribution in [0.1, 0.15) is 32.6 Å². The molecule has 0 saturated heterocycles. The average Bonchev–Trinajstić information content (AvgIpc) is 2.51. The molecule has 1 fully saturated rings. The molecule has 70 valence electrons. The molecular formula is C9H17NO2. The van der Waals surface area contributed by atoms with Crippen LogP contribution in [0.4, 0.5) is 0 Å². The van der Waals surface area contributed by atoms with Gasteiger partial charge >= 0.3 is 5.97 Å². The summed E-state index contributed by atoms with van der Waals surface area (Å²) in [5, 5.41) is 11.6. The van der Waals surface area contributed by atoms with Crippen molar-refractivity contribution in [3.63, 3.8) is 0 Å². The lowest BCUT2D eigenvalue weighted by Gasteiger charge is -2.13. The van der Waals surface area contributed by atoms with E-state index in [9.17, 15) is 4.79 Å². The van der Waals surface area contributed by atoms with Crippen molar-refractivity contribution in [1.29, 1.82) is 0 Å². The number of carboxylic acid groups (broad SMARTS) is 1. The number of aliphatic carboxylic acids is 1. The second-order valence-corrected chi connectivity index (χ2v) is 3.62. The zero-order valence-corrected chi connectivity index (χ0v) is 7.55. The maximum Gasteiger partial charge on any atom is 0.320 e. The highest BCUT2D eigenvalue weighted by Crippen LogP contribution is 2.23. The molecule has 12 heavy (non-hydrogen) atoms. The summed E-state index contributed by atoms with van der Waals surface area (Å²) >= 11 is 0. The van der Waals surface area contributed by atoms with Gasteiger partial charge in [-0.05, 0) is 32.2 Å². The van der Waals surface area contributed by atoms with Gasteiger partial charge in [0.25, 0.3) is 0 Å². The fourth-order valence-electron chi connectivity index (χ4n) is 1.65. The Morgan fingerprint density at radius 1 is 1.58 bits per heavy atom. The number of hydrogen-bond donors (Lipinski definition) is 2. The van der Waals surface area contributed by atoms with Crippen LogP contribution in [0.5, 0.6) is 0 Å². The van der Waals surface area contributed by atoms with Crippen molar-refractivity contribution >= 4 is 5.97 Å². The van der Waals surface area contributed by atoms with E-state index in [1.807, 2.05) is 0 Å². The summed E-state index contributed by atoms with van der Waals surface area (Å²) in [6.07, 6.45) is 5.15. The van der Waals surface area contributed by atoms with E-state index < -0.39 is 12.0 Å². The molecule has 1 rings (SSSR count). The Bertz CT molecular complexity index is 153. The minimum absolute atomic E-state index is 0.398. The van der Waals surface area contributed by atoms with E-state index in [-0.39, 0.29) is 0 Å². The third-order valence-electron chi connectivity index (χ3n) is 2.56. The van der Waals surface area contributed by atoms with Crippen molar-refractivity contribution in [2.45, 2.75) is 38.6 Å². The summed E-state index contributed by atoms with van der Waals surface area (Å²) in [5.41, 5.74) is 0. The summed E-state index contributed by atoms with van der Waals surface area (Å²) in [7, 11) is 0. The van der Waals surface area contributed by atoms with Crippen molar-refractivity contribution in [3.8, 4) is 0 Å². The normalized spacial score (nSPS) is 21.1. The Kier molecular flexibility index (Phi) is 3.53. The smallest absolute Gasteiger partial charge is 0.320 e. The Balaban J connectivity index is 2.11. The topological polar surface area (TPSA) is 49.3 Å². The molecule has 0 radical (unpaired) electrons. The highest BCUT2D eigenvalue weighted by Gasteiger charge is 2.17. The first-order valence-electron chi connectivity index (χ1n) is 4.66. The number of carbonyl (C=O) groups is 1. The maximum atomic E-state index is 10.4. The second-order valence-electron chi connectivity index (χ2n) is 3.62. The number of nitrogens with one attached hydrogen (secondary N) is 1. The molecule has 3 heteroatoms. The van der Waals surface area contributed by atoms with Crippen molar-refractivity contribution in [2.75, 3.05) is 6.54 Å². The molecule has 2 N–H and O–H groups in total. The summed E-state index contributed by atoms with van der Waals surface area (Å²) < 4.78 is 0. The van der Waals surface area contributed by atoms with Crippen LogP contribution in [0.2, 0.25) is 0 Å². The van der Waals surface area contributed by atoms with Gasteiger partial charge in [0, 0.05) is 0 Å². The van der Waals surface area contributed by atoms with Gasteiger partial charge in [0.05, 0.1) is 0 Å². The first-order valence-corrected chi connectivity index (χ1v) is 4.66. The van der Waals surface area contributed by atoms with E-state index in [4.69, 9.17) is 5.11 Å². The van der Waals surface area contributed by atoms with Crippen LogP contribution in [0.25, 0.3) is 0 Å². The summed E-state index contributed by atoms with van der Waals surface area (Å²) in [5.74, 6) is -0.0419. The first kappa shape index (κ1) is 9.52. The predicted molar refractivity (Wildman–Crippen MR) is 47.1 cm³/mol. The second kappa shape index (κ2) is 4.45. The van der Waals surface area contributed by atoms with Crippen LogP contribution in [0, 0.1) is 5.92 Å². The van der Waals surface area contributed by atoms with Crippen LogP contribution in [0.15, 0.2) is 0 Å². The molecule has 1 atom stereocenters. The number of rotatable bonds is 4. The van der Waals surface area contributed by atoms with Crippen LogP contribution >= 0.6 is 0 Å². The van der Waals surface area contributed by atoms with Gasteiger partial charge in [-0.25, -0.2) is 0 Å². The highest BCUT2D eigenvalue weighted by atomic mass is 16.4. The lowest BCUT2D eigenvalue weighted by molar-refractivity contribution is -0.139. The van der Waals surface area contributed by atoms with E-state index in [1.165, 1.54) is 25.7 Å². The van der Waals surface area contributed by atoms with Crippen molar-refractivity contribution in [1.82, 2.24) is 5.32 Å². The van der Waals surface area contributed by atoms with E-state index >= 15 is 0 Å². The quantitative estimate of drug-likeness (QED) is 0.669. The monoisotopic (exact) mass is 171 g/mol. The zero-order valence-electron chi connectivity index (χ0n) is 7.55. The molecule has 0 aliphatic heterocycles. The highest BCUT2D eigenvalue weighted by molar-refractivity contribution is 5.72. The SMILES string of the molecule is C[C@@H](NCC1CCCC1)C(=O)O. The molecule has 0 heterocycles. The molecule has 1 saturated carbocycles. The van der Waals surface area contributed by atoms with Crippen molar-refractivity contribution < 1.29 is 9.90 Å². The number of carboxylic acids is 1. The van der Waals surface area contributed by atoms with Crippen LogP contribution in [-0.4, -0.2) is 23.7 Å². The van der Waals surface area contributed by atoms with Crippen LogP contribution in [0.3, 0.4) is 0 Å². The number of hydrogen-bond acceptors (Lipinski definition) is 2. The minimum Gasteiger partial charge on any atom is -0.480 e. The predicted octanol–water partition coefficient (Wildman–Crippen LogP) is 1.24. The van der Waals surface area contributed by atoms with Gasteiger partial charge in [0.1, 0.15) is 6.04 Å². The van der Waals surface area contributed by atoms with Gasteiger partial charge in [-0.1, -0.05) is 12.8 Å². The Hall–Kier alpha value is -0.570. The van der Waals surface area contributed by atoms with Gasteiger partial charge in [-0.15, -0.1) is 0 Å². The first-order chi connectivity index (χ1) is 5.70. The van der Waals surface area contributed by atoms with E-state index in [2.05, 4.69) is 5.32 Å². The standard InChI is InChI=1S/C9H17NO2/c1-7(9(11)12)10-6-8-4-2-3-5-8/h7-8,10H,2-6H2,1H3,(H,11,12)/t7-/m1/s1. The van der Waals surface area contributed by atoms with Crippen molar-refractivity contribution in [2.24, 2.45) is 5.92 Å². The average molecular weight is 171 g/mol. The molecule has 0 unspecified atom stereocenters. The molecule has 0 amide bonds. The van der Waals surface area contributed by atoms with E-state index in [0.29, 0.717) is 5.92 Å². The van der Waals surface area contributed by atoms with Gasteiger partial charge in [0.15, 0.2) is 0 Å². The van der Waals surface area contributed by atoms with Crippen LogP contribution in [-0.2, 0) is 4.79 Å². The fourth-order valence-corrected chi connectivity index (χ4v) is 1.65. The Labute approximate surface area is 73.2 Å². The van der Waals surface area contributed by atoms with Gasteiger partial charge in [-0.3, -0.25) is 4.79 Å². The molecule has 0 aromatic heterocycles. The van der Waals surface area contributed by atoms with E-state index in [1.54, 1.807) is 6.92 Å². The zero-order chi connectivity index (χ0) is 8.97. The lowest BCUT2D eigenvalue weighted by Crippen LogP contribution is -2.36. The minimum atomic E-state index is -0.756. The maximum absolute atomic E-state index is 10.4. The molecule has 0 aromatic carbocycles. The fraction of sp³-hybridized carbons (Fsp3) is 0.889. The molecule has 1 aliphatic rings. The summed E-state index contributed by atoms with van der Waals surface area (Å²) in [6.45, 7) is 2.56. The van der Waals surface area contributed by atoms with Gasteiger partial charge < -0.3 is 10.4 Å². The summed E-state index contributed by atoms with van der Waals surface area (Å²) in [4.78, 5) is 10.4. The molecule has 0 spiro atoms. The Morgan fingerprint density at radius 2 is 2.17 bits per heavy atom. The third kappa shape index (κ3) is 2.81. The third-order valence-corrected chi connectivity index (χ3v) is 2.56. The molecule has 3 nitrogen and oxygen atoms in total. The largest absolute Gasteiger partial charge is 0.480 e. The van der Waals surface area contributed by atoms with Gasteiger partial charge in [0.2, 0.25) is 0 Å². The van der Waals surface area contributed by atoms with E-state index in [0.717, 1.165) is 6.54 Å². The molecule has 0 aromatic rings. The van der Waals surface area contributed by atoms with Crippen LogP contribution < -0.4 is 5.32 Å². The Morgan fingerprint density at radius 3 is 2.67 bits per heavy atom. The molecular weight excluding hydrogens is 154 g/mol. The molecule has 1 aliphatic carbocycles. The summed E-state index contributed by atoms with van der Waals surface area (Å²) in [6, 6.07) is -0.398.